The SMILES string of the molecule is CN1CCN(C2=NCC(CBr)S2)C(c2ccccc2)C1. The summed E-state index contributed by atoms with van der Waals surface area (Å²) in [5.74, 6) is 0. The van der Waals surface area contributed by atoms with Gasteiger partial charge in [0.15, 0.2) is 5.17 Å². The number of aliphatic imine (C=N–C) groups is 1. The van der Waals surface area contributed by atoms with Crippen LogP contribution in [0, 0.1) is 0 Å². The maximum atomic E-state index is 4.77. The first-order chi connectivity index (χ1) is 9.78. The average Bonchev–Trinajstić information content (AvgIpc) is 2.97. The Bertz CT molecular complexity index is 479. The molecule has 108 valence electrons. The van der Waals surface area contributed by atoms with Gasteiger partial charge in [-0.25, -0.2) is 0 Å². The van der Waals surface area contributed by atoms with E-state index in [0.29, 0.717) is 11.3 Å². The summed E-state index contributed by atoms with van der Waals surface area (Å²) in [6, 6.07) is 11.2. The van der Waals surface area contributed by atoms with Gasteiger partial charge in [0.2, 0.25) is 0 Å². The summed E-state index contributed by atoms with van der Waals surface area (Å²) < 4.78 is 0. The van der Waals surface area contributed by atoms with E-state index in [1.165, 1.54) is 10.7 Å². The molecule has 3 rings (SSSR count). The first-order valence-corrected chi connectivity index (χ1v) is 9.05. The minimum atomic E-state index is 0.426. The molecule has 1 saturated heterocycles. The van der Waals surface area contributed by atoms with Gasteiger partial charge in [0.1, 0.15) is 0 Å². The zero-order valence-corrected chi connectivity index (χ0v) is 14.1. The maximum Gasteiger partial charge on any atom is 0.160 e. The second-order valence-corrected chi connectivity index (χ2v) is 7.31. The summed E-state index contributed by atoms with van der Waals surface area (Å²) >= 11 is 5.50. The van der Waals surface area contributed by atoms with Gasteiger partial charge in [-0.3, -0.25) is 4.99 Å². The average molecular weight is 354 g/mol. The van der Waals surface area contributed by atoms with Crippen molar-refractivity contribution >= 4 is 32.9 Å². The minimum absolute atomic E-state index is 0.426. The molecule has 1 aromatic carbocycles. The molecule has 2 unspecified atom stereocenters. The summed E-state index contributed by atoms with van der Waals surface area (Å²) in [7, 11) is 2.21. The lowest BCUT2D eigenvalue weighted by molar-refractivity contribution is 0.154. The quantitative estimate of drug-likeness (QED) is 0.761. The van der Waals surface area contributed by atoms with Crippen molar-refractivity contribution < 1.29 is 0 Å². The highest BCUT2D eigenvalue weighted by Gasteiger charge is 2.32. The molecule has 2 atom stereocenters. The number of piperazine rings is 1. The number of rotatable bonds is 2. The van der Waals surface area contributed by atoms with E-state index in [2.05, 4.69) is 63.1 Å². The van der Waals surface area contributed by atoms with Crippen molar-refractivity contribution in [2.24, 2.45) is 4.99 Å². The molecule has 20 heavy (non-hydrogen) atoms. The molecule has 2 aliphatic heterocycles. The van der Waals surface area contributed by atoms with Crippen LogP contribution in [0.1, 0.15) is 11.6 Å². The third-order valence-corrected chi connectivity index (χ3v) is 6.32. The Morgan fingerprint density at radius 3 is 2.80 bits per heavy atom. The Morgan fingerprint density at radius 1 is 1.30 bits per heavy atom. The van der Waals surface area contributed by atoms with Crippen LogP contribution in [0.15, 0.2) is 35.3 Å². The van der Waals surface area contributed by atoms with Crippen molar-refractivity contribution in [2.45, 2.75) is 11.3 Å². The predicted molar refractivity (Wildman–Crippen MR) is 90.9 cm³/mol. The molecule has 0 saturated carbocycles. The summed E-state index contributed by atoms with van der Waals surface area (Å²) in [5.41, 5.74) is 1.39. The van der Waals surface area contributed by atoms with E-state index in [0.717, 1.165) is 31.5 Å². The number of thioether (sulfide) groups is 1. The van der Waals surface area contributed by atoms with Gasteiger partial charge < -0.3 is 9.80 Å². The molecule has 2 heterocycles. The molecule has 1 fully saturated rings. The standard InChI is InChI=1S/C15H20BrN3S/c1-18-7-8-19(15-17-10-13(9-16)20-15)14(11-18)12-5-3-2-4-6-12/h2-6,13-14H,7-11H2,1H3. The van der Waals surface area contributed by atoms with Crippen molar-refractivity contribution in [1.82, 2.24) is 9.80 Å². The van der Waals surface area contributed by atoms with Gasteiger partial charge in [-0.2, -0.15) is 0 Å². The Kier molecular flexibility index (Phi) is 4.68. The highest BCUT2D eigenvalue weighted by molar-refractivity contribution is 9.09. The lowest BCUT2D eigenvalue weighted by atomic mass is 10.0. The third kappa shape index (κ3) is 3.05. The van der Waals surface area contributed by atoms with Crippen LogP contribution in [-0.4, -0.2) is 58.8 Å². The molecular weight excluding hydrogens is 334 g/mol. The molecular formula is C15H20BrN3S. The van der Waals surface area contributed by atoms with Crippen LogP contribution in [0.3, 0.4) is 0 Å². The van der Waals surface area contributed by atoms with E-state index >= 15 is 0 Å². The number of benzene rings is 1. The van der Waals surface area contributed by atoms with Gasteiger partial charge in [0, 0.05) is 30.2 Å². The van der Waals surface area contributed by atoms with Gasteiger partial charge in [-0.05, 0) is 12.6 Å². The normalized spacial score (nSPS) is 27.7. The fourth-order valence-corrected chi connectivity index (χ4v) is 4.37. The summed E-state index contributed by atoms with van der Waals surface area (Å²) in [6.45, 7) is 4.19. The van der Waals surface area contributed by atoms with Crippen LogP contribution in [-0.2, 0) is 0 Å². The second-order valence-electron chi connectivity index (χ2n) is 5.40. The van der Waals surface area contributed by atoms with Crippen LogP contribution in [0.4, 0.5) is 0 Å². The molecule has 0 bridgehead atoms. The molecule has 0 amide bonds. The van der Waals surface area contributed by atoms with Crippen molar-refractivity contribution in [2.75, 3.05) is 38.6 Å². The smallest absolute Gasteiger partial charge is 0.160 e. The summed E-state index contributed by atoms with van der Waals surface area (Å²) in [4.78, 5) is 9.69. The van der Waals surface area contributed by atoms with Crippen molar-refractivity contribution in [1.29, 1.82) is 0 Å². The van der Waals surface area contributed by atoms with Gasteiger partial charge >= 0.3 is 0 Å². The van der Waals surface area contributed by atoms with Gasteiger partial charge in [0.25, 0.3) is 0 Å². The van der Waals surface area contributed by atoms with Gasteiger partial charge in [-0.1, -0.05) is 58.0 Å². The van der Waals surface area contributed by atoms with E-state index in [4.69, 9.17) is 4.99 Å². The van der Waals surface area contributed by atoms with Crippen LogP contribution in [0.2, 0.25) is 0 Å². The van der Waals surface area contributed by atoms with Crippen molar-refractivity contribution in [3.05, 3.63) is 35.9 Å². The number of halogens is 1. The molecule has 0 spiro atoms. The maximum absolute atomic E-state index is 4.77. The molecule has 5 heteroatoms. The monoisotopic (exact) mass is 353 g/mol. The fourth-order valence-electron chi connectivity index (χ4n) is 2.75. The minimum Gasteiger partial charge on any atom is -0.342 e. The van der Waals surface area contributed by atoms with Crippen LogP contribution in [0.25, 0.3) is 0 Å². The van der Waals surface area contributed by atoms with Crippen molar-refractivity contribution in [3.63, 3.8) is 0 Å². The van der Waals surface area contributed by atoms with Crippen LogP contribution < -0.4 is 0 Å². The molecule has 0 radical (unpaired) electrons. The summed E-state index contributed by atoms with van der Waals surface area (Å²) in [6.07, 6.45) is 0. The second kappa shape index (κ2) is 6.50. The van der Waals surface area contributed by atoms with E-state index in [-0.39, 0.29) is 0 Å². The number of hydrogen-bond acceptors (Lipinski definition) is 4. The molecule has 3 nitrogen and oxygen atoms in total. The molecule has 1 aromatic rings. The molecule has 0 aromatic heterocycles. The number of amidine groups is 1. The summed E-state index contributed by atoms with van der Waals surface area (Å²) in [5, 5.41) is 2.85. The molecule has 0 aliphatic carbocycles. The first-order valence-electron chi connectivity index (χ1n) is 7.05. The predicted octanol–water partition coefficient (Wildman–Crippen LogP) is 2.84. The lowest BCUT2D eigenvalue weighted by Gasteiger charge is -2.41. The van der Waals surface area contributed by atoms with E-state index < -0.39 is 0 Å². The fraction of sp³-hybridized carbons (Fsp3) is 0.533. The van der Waals surface area contributed by atoms with E-state index in [1.807, 2.05) is 11.8 Å². The van der Waals surface area contributed by atoms with Crippen molar-refractivity contribution in [3.8, 4) is 0 Å². The first kappa shape index (κ1) is 14.4. The van der Waals surface area contributed by atoms with Gasteiger partial charge in [0.05, 0.1) is 12.6 Å². The third-order valence-electron chi connectivity index (χ3n) is 3.89. The molecule has 2 aliphatic rings. The highest BCUT2D eigenvalue weighted by Crippen LogP contribution is 2.32. The Labute approximate surface area is 133 Å². The van der Waals surface area contributed by atoms with Crippen LogP contribution in [0.5, 0.6) is 0 Å². The number of likely N-dealkylation sites (N-methyl/N-ethyl adjacent to an activating group) is 1. The van der Waals surface area contributed by atoms with Gasteiger partial charge in [-0.15, -0.1) is 0 Å². The number of nitrogens with zero attached hydrogens (tertiary/aromatic N) is 3. The zero-order valence-electron chi connectivity index (χ0n) is 11.7. The largest absolute Gasteiger partial charge is 0.342 e. The Balaban J connectivity index is 1.81. The zero-order chi connectivity index (χ0) is 13.9. The van der Waals surface area contributed by atoms with E-state index in [1.54, 1.807) is 0 Å². The Morgan fingerprint density at radius 2 is 2.10 bits per heavy atom. The lowest BCUT2D eigenvalue weighted by Crippen LogP contribution is -2.48. The van der Waals surface area contributed by atoms with Crippen LogP contribution >= 0.6 is 27.7 Å². The number of alkyl halides is 1. The number of hydrogen-bond donors (Lipinski definition) is 0. The highest BCUT2D eigenvalue weighted by atomic mass is 79.9. The Hall–Kier alpha value is -0.520. The molecule has 0 N–H and O–H groups in total. The van der Waals surface area contributed by atoms with E-state index in [9.17, 15) is 0 Å². The topological polar surface area (TPSA) is 18.8 Å².